The highest BCUT2D eigenvalue weighted by atomic mass is 19.4. The van der Waals surface area contributed by atoms with Gasteiger partial charge in [0.2, 0.25) is 0 Å². The number of halogens is 3. The van der Waals surface area contributed by atoms with Crippen molar-refractivity contribution in [2.24, 2.45) is 0 Å². The van der Waals surface area contributed by atoms with Crippen molar-refractivity contribution in [2.75, 3.05) is 6.61 Å². The second kappa shape index (κ2) is 4.66. The van der Waals surface area contributed by atoms with E-state index in [2.05, 4.69) is 0 Å². The molecule has 4 heteroatoms. The molecule has 1 aromatic carbocycles. The number of aliphatic hydroxyl groups is 1. The Morgan fingerprint density at radius 1 is 1.33 bits per heavy atom. The van der Waals surface area contributed by atoms with Gasteiger partial charge in [-0.3, -0.25) is 0 Å². The van der Waals surface area contributed by atoms with Gasteiger partial charge in [0.15, 0.2) is 0 Å². The SMILES string of the molecule is C[C@@H](CO)c1cccc(CC(F)(F)F)c1. The molecule has 0 spiro atoms. The van der Waals surface area contributed by atoms with Gasteiger partial charge in [0.1, 0.15) is 0 Å². The summed E-state index contributed by atoms with van der Waals surface area (Å²) in [7, 11) is 0. The highest BCUT2D eigenvalue weighted by molar-refractivity contribution is 5.26. The van der Waals surface area contributed by atoms with Crippen molar-refractivity contribution in [3.05, 3.63) is 35.4 Å². The molecule has 1 aromatic rings. The van der Waals surface area contributed by atoms with Crippen molar-refractivity contribution in [3.8, 4) is 0 Å². The lowest BCUT2D eigenvalue weighted by atomic mass is 9.99. The zero-order valence-electron chi connectivity index (χ0n) is 8.38. The monoisotopic (exact) mass is 218 g/mol. The minimum atomic E-state index is -4.18. The van der Waals surface area contributed by atoms with Crippen LogP contribution >= 0.6 is 0 Å². The van der Waals surface area contributed by atoms with E-state index in [0.29, 0.717) is 0 Å². The van der Waals surface area contributed by atoms with Crippen LogP contribution in [-0.4, -0.2) is 17.9 Å². The molecule has 0 aliphatic rings. The van der Waals surface area contributed by atoms with Gasteiger partial charge in [-0.15, -0.1) is 0 Å². The molecule has 0 saturated carbocycles. The zero-order chi connectivity index (χ0) is 11.5. The molecule has 1 atom stereocenters. The molecule has 84 valence electrons. The second-order valence-electron chi connectivity index (χ2n) is 3.62. The first-order chi connectivity index (χ1) is 6.92. The normalized spacial score (nSPS) is 13.9. The van der Waals surface area contributed by atoms with Crippen LogP contribution < -0.4 is 0 Å². The second-order valence-corrected chi connectivity index (χ2v) is 3.62. The first-order valence-corrected chi connectivity index (χ1v) is 4.69. The van der Waals surface area contributed by atoms with Crippen molar-refractivity contribution >= 4 is 0 Å². The molecule has 0 saturated heterocycles. The molecule has 0 heterocycles. The van der Waals surface area contributed by atoms with Gasteiger partial charge in [0.05, 0.1) is 6.42 Å². The van der Waals surface area contributed by atoms with Gasteiger partial charge in [-0.1, -0.05) is 31.2 Å². The summed E-state index contributed by atoms with van der Waals surface area (Å²) in [6.45, 7) is 1.71. The van der Waals surface area contributed by atoms with Crippen LogP contribution in [0, 0.1) is 0 Å². The van der Waals surface area contributed by atoms with Gasteiger partial charge in [-0.2, -0.15) is 13.2 Å². The summed E-state index contributed by atoms with van der Waals surface area (Å²) in [6, 6.07) is 6.25. The van der Waals surface area contributed by atoms with E-state index >= 15 is 0 Å². The van der Waals surface area contributed by atoms with E-state index in [9.17, 15) is 13.2 Å². The van der Waals surface area contributed by atoms with Crippen LogP contribution in [0.2, 0.25) is 0 Å². The Morgan fingerprint density at radius 3 is 2.53 bits per heavy atom. The Hall–Kier alpha value is -1.03. The van der Waals surface area contributed by atoms with Crippen LogP contribution in [0.25, 0.3) is 0 Å². The third kappa shape index (κ3) is 3.91. The maximum absolute atomic E-state index is 12.1. The quantitative estimate of drug-likeness (QED) is 0.827. The fraction of sp³-hybridized carbons (Fsp3) is 0.455. The molecule has 0 amide bonds. The van der Waals surface area contributed by atoms with Crippen molar-refractivity contribution in [1.82, 2.24) is 0 Å². The number of hydrogen-bond acceptors (Lipinski definition) is 1. The largest absolute Gasteiger partial charge is 0.396 e. The van der Waals surface area contributed by atoms with E-state index < -0.39 is 12.6 Å². The van der Waals surface area contributed by atoms with E-state index in [0.717, 1.165) is 5.56 Å². The van der Waals surface area contributed by atoms with Crippen molar-refractivity contribution in [3.63, 3.8) is 0 Å². The fourth-order valence-electron chi connectivity index (χ4n) is 1.35. The standard InChI is InChI=1S/C11H13F3O/c1-8(7-15)10-4-2-3-9(5-10)6-11(12,13)14/h2-5,8,15H,6-7H2,1H3/t8-/m0/s1. The fourth-order valence-corrected chi connectivity index (χ4v) is 1.35. The molecule has 0 aliphatic carbocycles. The Bertz CT molecular complexity index is 320. The third-order valence-corrected chi connectivity index (χ3v) is 2.20. The van der Waals surface area contributed by atoms with Crippen LogP contribution in [0.5, 0.6) is 0 Å². The average Bonchev–Trinajstić information content (AvgIpc) is 2.14. The summed E-state index contributed by atoms with van der Waals surface area (Å²) in [6.07, 6.45) is -5.10. The highest BCUT2D eigenvalue weighted by Crippen LogP contribution is 2.23. The van der Waals surface area contributed by atoms with E-state index in [1.807, 2.05) is 0 Å². The molecule has 1 N–H and O–H groups in total. The number of alkyl halides is 3. The Balaban J connectivity index is 2.83. The molecule has 1 nitrogen and oxygen atoms in total. The van der Waals surface area contributed by atoms with Crippen LogP contribution in [0.1, 0.15) is 24.0 Å². The molecular formula is C11H13F3O. The van der Waals surface area contributed by atoms with Crippen LogP contribution in [-0.2, 0) is 6.42 Å². The van der Waals surface area contributed by atoms with Gasteiger partial charge in [0.25, 0.3) is 0 Å². The zero-order valence-corrected chi connectivity index (χ0v) is 8.38. The topological polar surface area (TPSA) is 20.2 Å². The molecule has 0 radical (unpaired) electrons. The van der Waals surface area contributed by atoms with E-state index in [1.54, 1.807) is 19.1 Å². The molecule has 0 unspecified atom stereocenters. The Labute approximate surface area is 86.5 Å². The molecule has 0 aromatic heterocycles. The van der Waals surface area contributed by atoms with Crippen molar-refractivity contribution < 1.29 is 18.3 Å². The van der Waals surface area contributed by atoms with Crippen LogP contribution in [0.15, 0.2) is 24.3 Å². The van der Waals surface area contributed by atoms with Crippen LogP contribution in [0.3, 0.4) is 0 Å². The maximum atomic E-state index is 12.1. The summed E-state index contributed by atoms with van der Waals surface area (Å²) in [5, 5.41) is 8.89. The molecule has 15 heavy (non-hydrogen) atoms. The smallest absolute Gasteiger partial charge is 0.393 e. The Morgan fingerprint density at radius 2 is 2.00 bits per heavy atom. The van der Waals surface area contributed by atoms with Gasteiger partial charge < -0.3 is 5.11 Å². The molecule has 0 aliphatic heterocycles. The van der Waals surface area contributed by atoms with Gasteiger partial charge >= 0.3 is 6.18 Å². The van der Waals surface area contributed by atoms with E-state index in [1.165, 1.54) is 12.1 Å². The summed E-state index contributed by atoms with van der Waals surface area (Å²) in [5.41, 5.74) is 0.972. The summed E-state index contributed by atoms with van der Waals surface area (Å²) in [5.74, 6) is -0.127. The van der Waals surface area contributed by atoms with Crippen LogP contribution in [0.4, 0.5) is 13.2 Å². The number of rotatable bonds is 3. The summed E-state index contributed by atoms with van der Waals surface area (Å²) >= 11 is 0. The first kappa shape index (κ1) is 12.0. The minimum Gasteiger partial charge on any atom is -0.396 e. The Kier molecular flexibility index (Phi) is 3.74. The van der Waals surface area contributed by atoms with E-state index in [-0.39, 0.29) is 18.1 Å². The average molecular weight is 218 g/mol. The van der Waals surface area contributed by atoms with Gasteiger partial charge in [-0.05, 0) is 11.1 Å². The molecule has 1 rings (SSSR count). The first-order valence-electron chi connectivity index (χ1n) is 4.69. The third-order valence-electron chi connectivity index (χ3n) is 2.20. The van der Waals surface area contributed by atoms with E-state index in [4.69, 9.17) is 5.11 Å². The molecule has 0 bridgehead atoms. The summed E-state index contributed by atoms with van der Waals surface area (Å²) < 4.78 is 36.3. The van der Waals surface area contributed by atoms with Crippen molar-refractivity contribution in [2.45, 2.75) is 25.4 Å². The number of aliphatic hydroxyl groups excluding tert-OH is 1. The lowest BCUT2D eigenvalue weighted by Crippen LogP contribution is -2.12. The minimum absolute atomic E-state index is 0.0600. The highest BCUT2D eigenvalue weighted by Gasteiger charge is 2.27. The summed E-state index contributed by atoms with van der Waals surface area (Å²) in [4.78, 5) is 0. The number of hydrogen-bond donors (Lipinski definition) is 1. The maximum Gasteiger partial charge on any atom is 0.393 e. The van der Waals surface area contributed by atoms with Gasteiger partial charge in [-0.25, -0.2) is 0 Å². The predicted octanol–water partition coefficient (Wildman–Crippen LogP) is 2.89. The molecule has 0 fully saturated rings. The van der Waals surface area contributed by atoms with Crippen molar-refractivity contribution in [1.29, 1.82) is 0 Å². The molecular weight excluding hydrogens is 205 g/mol. The number of benzene rings is 1. The lowest BCUT2D eigenvalue weighted by Gasteiger charge is -2.11. The predicted molar refractivity (Wildman–Crippen MR) is 51.7 cm³/mol. The lowest BCUT2D eigenvalue weighted by molar-refractivity contribution is -0.127. The van der Waals surface area contributed by atoms with Gasteiger partial charge in [0, 0.05) is 12.5 Å².